The molecule has 8 heteroatoms. The number of likely N-dealkylation sites (N-methyl/N-ethyl adjacent to an activating group) is 1. The first-order valence-corrected chi connectivity index (χ1v) is 10.7. The maximum atomic E-state index is 12.6. The highest BCUT2D eigenvalue weighted by atomic mass is 32.2. The van der Waals surface area contributed by atoms with Gasteiger partial charge in [0.1, 0.15) is 0 Å². The Morgan fingerprint density at radius 2 is 1.81 bits per heavy atom. The van der Waals surface area contributed by atoms with Crippen molar-refractivity contribution < 1.29 is 13.2 Å². The van der Waals surface area contributed by atoms with Crippen molar-refractivity contribution in [3.05, 3.63) is 46.7 Å². The average Bonchev–Trinajstić information content (AvgIpc) is 3.09. The van der Waals surface area contributed by atoms with Crippen LogP contribution in [0.3, 0.4) is 0 Å². The summed E-state index contributed by atoms with van der Waals surface area (Å²) in [6, 6.07) is 10.1. The lowest BCUT2D eigenvalue weighted by Crippen LogP contribution is -2.34. The second kappa shape index (κ2) is 8.77. The van der Waals surface area contributed by atoms with Crippen LogP contribution >= 0.6 is 11.3 Å². The lowest BCUT2D eigenvalue weighted by molar-refractivity contribution is -0.118. The van der Waals surface area contributed by atoms with E-state index in [1.165, 1.54) is 12.1 Å². The monoisotopic (exact) mass is 395 g/mol. The number of amides is 1. The topological polar surface area (TPSA) is 78.5 Å². The molecule has 0 saturated carbocycles. The molecule has 1 heterocycles. The van der Waals surface area contributed by atoms with Crippen molar-refractivity contribution in [2.24, 2.45) is 5.92 Å². The SMILES string of the molecule is CC(C)C(=O)Nc1ccc(S(=O)(=O)NCC(c2cccs2)N(C)C)cc1. The van der Waals surface area contributed by atoms with E-state index >= 15 is 0 Å². The standard InChI is InChI=1S/C18H25N3O3S2/c1-13(2)18(22)20-14-7-9-15(10-8-14)26(23,24)19-12-16(21(3)4)17-6-5-11-25-17/h5-11,13,16,19H,12H2,1-4H3,(H,20,22). The zero-order valence-electron chi connectivity index (χ0n) is 15.4. The van der Waals surface area contributed by atoms with E-state index in [-0.39, 0.29) is 29.3 Å². The van der Waals surface area contributed by atoms with Gasteiger partial charge in [0.15, 0.2) is 0 Å². The molecule has 0 fully saturated rings. The van der Waals surface area contributed by atoms with Gasteiger partial charge in [-0.3, -0.25) is 4.79 Å². The summed E-state index contributed by atoms with van der Waals surface area (Å²) >= 11 is 1.60. The van der Waals surface area contributed by atoms with Crippen LogP contribution in [0, 0.1) is 5.92 Å². The molecule has 6 nitrogen and oxygen atoms in total. The van der Waals surface area contributed by atoms with Gasteiger partial charge in [0, 0.05) is 23.0 Å². The molecular formula is C18H25N3O3S2. The van der Waals surface area contributed by atoms with Crippen LogP contribution in [-0.4, -0.2) is 39.9 Å². The minimum absolute atomic E-state index is 0.0330. The third-order valence-corrected chi connectivity index (χ3v) is 6.33. The number of nitrogens with one attached hydrogen (secondary N) is 2. The molecule has 1 atom stereocenters. The van der Waals surface area contributed by atoms with Crippen molar-refractivity contribution in [3.8, 4) is 0 Å². The molecule has 0 spiro atoms. The maximum absolute atomic E-state index is 12.6. The van der Waals surface area contributed by atoms with Crippen LogP contribution in [0.1, 0.15) is 24.8 Å². The highest BCUT2D eigenvalue weighted by Crippen LogP contribution is 2.23. The van der Waals surface area contributed by atoms with E-state index in [0.29, 0.717) is 5.69 Å². The Hall–Kier alpha value is -1.74. The fraction of sp³-hybridized carbons (Fsp3) is 0.389. The van der Waals surface area contributed by atoms with Crippen molar-refractivity contribution >= 4 is 33.0 Å². The largest absolute Gasteiger partial charge is 0.326 e. The molecule has 0 bridgehead atoms. The summed E-state index contributed by atoms with van der Waals surface area (Å²) in [6.07, 6.45) is 0. The molecule has 2 N–H and O–H groups in total. The fourth-order valence-electron chi connectivity index (χ4n) is 2.29. The summed E-state index contributed by atoms with van der Waals surface area (Å²) in [5.74, 6) is -0.246. The molecular weight excluding hydrogens is 370 g/mol. The Balaban J connectivity index is 2.06. The molecule has 0 aliphatic carbocycles. The predicted octanol–water partition coefficient (Wildman–Crippen LogP) is 2.92. The molecule has 2 rings (SSSR count). The van der Waals surface area contributed by atoms with Gasteiger partial charge < -0.3 is 10.2 Å². The van der Waals surface area contributed by atoms with Crippen LogP contribution in [0.2, 0.25) is 0 Å². The number of rotatable bonds is 8. The molecule has 1 unspecified atom stereocenters. The first-order chi connectivity index (χ1) is 12.2. The van der Waals surface area contributed by atoms with Gasteiger partial charge in [0.05, 0.1) is 10.9 Å². The van der Waals surface area contributed by atoms with E-state index in [4.69, 9.17) is 0 Å². The number of carbonyl (C=O) groups is 1. The van der Waals surface area contributed by atoms with Crippen molar-refractivity contribution in [2.45, 2.75) is 24.8 Å². The Morgan fingerprint density at radius 3 is 2.31 bits per heavy atom. The number of thiophene rings is 1. The van der Waals surface area contributed by atoms with E-state index in [2.05, 4.69) is 10.0 Å². The molecule has 142 valence electrons. The molecule has 26 heavy (non-hydrogen) atoms. The Kier molecular flexibility index (Phi) is 6.94. The lowest BCUT2D eigenvalue weighted by Gasteiger charge is -2.23. The Morgan fingerprint density at radius 1 is 1.15 bits per heavy atom. The van der Waals surface area contributed by atoms with Crippen molar-refractivity contribution in [1.29, 1.82) is 0 Å². The second-order valence-corrected chi connectivity index (χ2v) is 9.26. The lowest BCUT2D eigenvalue weighted by atomic mass is 10.2. The highest BCUT2D eigenvalue weighted by Gasteiger charge is 2.20. The minimum atomic E-state index is -3.63. The number of nitrogens with zero attached hydrogens (tertiary/aromatic N) is 1. The number of sulfonamides is 1. The molecule has 0 radical (unpaired) electrons. The Bertz CT molecular complexity index is 814. The summed E-state index contributed by atoms with van der Waals surface area (Å²) in [7, 11) is 0.217. The highest BCUT2D eigenvalue weighted by molar-refractivity contribution is 7.89. The average molecular weight is 396 g/mol. The van der Waals surface area contributed by atoms with Crippen molar-refractivity contribution in [1.82, 2.24) is 9.62 Å². The summed E-state index contributed by atoms with van der Waals surface area (Å²) in [5, 5.41) is 4.72. The number of benzene rings is 1. The summed E-state index contributed by atoms with van der Waals surface area (Å²) in [5.41, 5.74) is 0.576. The van der Waals surface area contributed by atoms with Gasteiger partial charge in [0.2, 0.25) is 15.9 Å². The van der Waals surface area contributed by atoms with E-state index in [9.17, 15) is 13.2 Å². The third-order valence-electron chi connectivity index (χ3n) is 3.92. The zero-order valence-corrected chi connectivity index (χ0v) is 17.0. The zero-order chi connectivity index (χ0) is 19.3. The number of carbonyl (C=O) groups excluding carboxylic acids is 1. The van der Waals surface area contributed by atoms with Gasteiger partial charge in [0.25, 0.3) is 0 Å². The van der Waals surface area contributed by atoms with Crippen molar-refractivity contribution in [2.75, 3.05) is 26.0 Å². The van der Waals surface area contributed by atoms with Crippen LogP contribution in [0.25, 0.3) is 0 Å². The summed E-state index contributed by atoms with van der Waals surface area (Å²) in [6.45, 7) is 3.88. The quantitative estimate of drug-likeness (QED) is 0.720. The van der Waals surface area contributed by atoms with E-state index < -0.39 is 10.0 Å². The summed E-state index contributed by atoms with van der Waals surface area (Å²) < 4.78 is 27.8. The minimum Gasteiger partial charge on any atom is -0.326 e. The van der Waals surface area contributed by atoms with Crippen LogP contribution in [0.15, 0.2) is 46.7 Å². The number of hydrogen-bond donors (Lipinski definition) is 2. The summed E-state index contributed by atoms with van der Waals surface area (Å²) in [4.78, 5) is 15.0. The maximum Gasteiger partial charge on any atom is 0.240 e. The molecule has 0 saturated heterocycles. The Labute approximate surface area is 159 Å². The van der Waals surface area contributed by atoms with Crippen LogP contribution in [0.4, 0.5) is 5.69 Å². The van der Waals surface area contributed by atoms with E-state index in [1.807, 2.05) is 36.5 Å². The predicted molar refractivity (Wildman–Crippen MR) is 106 cm³/mol. The number of hydrogen-bond acceptors (Lipinski definition) is 5. The van der Waals surface area contributed by atoms with Crippen LogP contribution in [0.5, 0.6) is 0 Å². The fourth-order valence-corrected chi connectivity index (χ4v) is 4.26. The third kappa shape index (κ3) is 5.38. The molecule has 1 amide bonds. The van der Waals surface area contributed by atoms with Gasteiger partial charge in [-0.1, -0.05) is 19.9 Å². The molecule has 0 aliphatic heterocycles. The van der Waals surface area contributed by atoms with E-state index in [1.54, 1.807) is 37.3 Å². The van der Waals surface area contributed by atoms with Crippen LogP contribution < -0.4 is 10.0 Å². The van der Waals surface area contributed by atoms with Gasteiger partial charge >= 0.3 is 0 Å². The first-order valence-electron chi connectivity index (χ1n) is 8.31. The second-order valence-electron chi connectivity index (χ2n) is 6.52. The smallest absolute Gasteiger partial charge is 0.240 e. The van der Waals surface area contributed by atoms with Crippen molar-refractivity contribution in [3.63, 3.8) is 0 Å². The van der Waals surface area contributed by atoms with E-state index in [0.717, 1.165) is 4.88 Å². The van der Waals surface area contributed by atoms with Gasteiger partial charge in [-0.15, -0.1) is 11.3 Å². The van der Waals surface area contributed by atoms with Gasteiger partial charge in [-0.05, 0) is 49.8 Å². The number of anilines is 1. The molecule has 1 aromatic heterocycles. The van der Waals surface area contributed by atoms with Crippen LogP contribution in [-0.2, 0) is 14.8 Å². The first kappa shape index (κ1) is 20.6. The van der Waals surface area contributed by atoms with Gasteiger partial charge in [-0.25, -0.2) is 13.1 Å². The van der Waals surface area contributed by atoms with Gasteiger partial charge in [-0.2, -0.15) is 0 Å². The molecule has 1 aromatic carbocycles. The molecule has 0 aliphatic rings. The molecule has 2 aromatic rings. The normalized spacial score (nSPS) is 13.2.